The fourth-order valence-electron chi connectivity index (χ4n) is 3.63. The summed E-state index contributed by atoms with van der Waals surface area (Å²) in [6.07, 6.45) is 1.74. The third-order valence-electron chi connectivity index (χ3n) is 5.26. The zero-order valence-electron chi connectivity index (χ0n) is 16.3. The molecule has 2 heterocycles. The lowest BCUT2D eigenvalue weighted by Crippen LogP contribution is -2.36. The molecule has 0 radical (unpaired) electrons. The highest BCUT2D eigenvalue weighted by Gasteiger charge is 2.28. The Hall–Kier alpha value is -3.13. The minimum absolute atomic E-state index is 0.0841. The topological polar surface area (TPSA) is 98.3 Å². The summed E-state index contributed by atoms with van der Waals surface area (Å²) in [6, 6.07) is 14.1. The number of benzene rings is 2. The Morgan fingerprint density at radius 1 is 1.14 bits per heavy atom. The average molecular weight is 410 g/mol. The van der Waals surface area contributed by atoms with E-state index in [0.29, 0.717) is 19.5 Å². The van der Waals surface area contributed by atoms with Crippen molar-refractivity contribution >= 4 is 21.4 Å². The number of hydrogen-bond acceptors (Lipinski definition) is 5. The summed E-state index contributed by atoms with van der Waals surface area (Å²) in [5.74, 6) is -0.273. The van der Waals surface area contributed by atoms with Gasteiger partial charge in [-0.25, -0.2) is 13.1 Å². The highest BCUT2D eigenvalue weighted by atomic mass is 32.2. The summed E-state index contributed by atoms with van der Waals surface area (Å²) >= 11 is 0. The maximum absolute atomic E-state index is 13.1. The monoisotopic (exact) mass is 410 g/mol. The number of rotatable bonds is 3. The van der Waals surface area contributed by atoms with E-state index >= 15 is 0 Å². The van der Waals surface area contributed by atoms with Crippen molar-refractivity contribution in [2.24, 2.45) is 0 Å². The van der Waals surface area contributed by atoms with Crippen molar-refractivity contribution in [3.8, 4) is 5.69 Å². The second kappa shape index (κ2) is 7.04. The van der Waals surface area contributed by atoms with E-state index in [4.69, 9.17) is 10.8 Å². The number of para-hydroxylation sites is 1. The van der Waals surface area contributed by atoms with E-state index in [1.165, 1.54) is 18.2 Å². The molecule has 0 unspecified atom stereocenters. The van der Waals surface area contributed by atoms with Crippen LogP contribution in [0, 0.1) is 6.92 Å². The van der Waals surface area contributed by atoms with Crippen LogP contribution in [0.5, 0.6) is 0 Å². The SMILES string of the molecule is Cc1c2c(nn1-c1ccccc1)CCN(C(=O)c1cc(S(C)(=O)=O)ccc1N)C2. The number of hydrogen-bond donors (Lipinski definition) is 1. The Morgan fingerprint density at radius 2 is 1.86 bits per heavy atom. The Balaban J connectivity index is 1.66. The van der Waals surface area contributed by atoms with Crippen LogP contribution in [0.2, 0.25) is 0 Å². The zero-order chi connectivity index (χ0) is 20.8. The highest BCUT2D eigenvalue weighted by Crippen LogP contribution is 2.27. The molecular weight excluding hydrogens is 388 g/mol. The van der Waals surface area contributed by atoms with Crippen molar-refractivity contribution in [1.82, 2.24) is 14.7 Å². The molecule has 29 heavy (non-hydrogen) atoms. The predicted octanol–water partition coefficient (Wildman–Crippen LogP) is 2.36. The van der Waals surface area contributed by atoms with E-state index in [1.807, 2.05) is 41.9 Å². The number of carbonyl (C=O) groups excluding carboxylic acids is 1. The molecule has 7 nitrogen and oxygen atoms in total. The van der Waals surface area contributed by atoms with Crippen molar-refractivity contribution in [3.63, 3.8) is 0 Å². The fraction of sp³-hybridized carbons (Fsp3) is 0.238. The van der Waals surface area contributed by atoms with Gasteiger partial charge >= 0.3 is 0 Å². The minimum Gasteiger partial charge on any atom is -0.398 e. The molecule has 2 N–H and O–H groups in total. The summed E-state index contributed by atoms with van der Waals surface area (Å²) in [6.45, 7) is 2.90. The van der Waals surface area contributed by atoms with Gasteiger partial charge in [0, 0.05) is 42.7 Å². The van der Waals surface area contributed by atoms with E-state index < -0.39 is 9.84 Å². The summed E-state index contributed by atoms with van der Waals surface area (Å²) < 4.78 is 25.6. The van der Waals surface area contributed by atoms with E-state index in [0.717, 1.165) is 28.9 Å². The largest absolute Gasteiger partial charge is 0.398 e. The highest BCUT2D eigenvalue weighted by molar-refractivity contribution is 7.90. The van der Waals surface area contributed by atoms with Crippen LogP contribution < -0.4 is 5.73 Å². The molecule has 1 aromatic heterocycles. The van der Waals surface area contributed by atoms with Crippen LogP contribution in [0.25, 0.3) is 5.69 Å². The summed E-state index contributed by atoms with van der Waals surface area (Å²) in [4.78, 5) is 14.9. The Kier molecular flexibility index (Phi) is 4.66. The van der Waals surface area contributed by atoms with Gasteiger partial charge in [-0.1, -0.05) is 18.2 Å². The summed E-state index contributed by atoms with van der Waals surface area (Å²) in [5, 5.41) is 4.73. The number of nitrogen functional groups attached to an aromatic ring is 1. The van der Waals surface area contributed by atoms with Gasteiger partial charge in [-0.2, -0.15) is 5.10 Å². The van der Waals surface area contributed by atoms with Crippen LogP contribution in [0.4, 0.5) is 5.69 Å². The standard InChI is InChI=1S/C21H22N4O3S/c1-14-18-13-24(11-10-20(18)23-25(14)15-6-4-3-5-7-15)21(26)17-12-16(29(2,27)28)8-9-19(17)22/h3-9,12H,10-11,13,22H2,1-2H3. The summed E-state index contributed by atoms with van der Waals surface area (Å²) in [7, 11) is -3.43. The molecular formula is C21H22N4O3S. The van der Waals surface area contributed by atoms with Crippen LogP contribution in [0.15, 0.2) is 53.4 Å². The van der Waals surface area contributed by atoms with Crippen molar-refractivity contribution in [1.29, 1.82) is 0 Å². The van der Waals surface area contributed by atoms with Gasteiger partial charge in [-0.05, 0) is 37.3 Å². The lowest BCUT2D eigenvalue weighted by atomic mass is 10.0. The van der Waals surface area contributed by atoms with Crippen LogP contribution in [0.3, 0.4) is 0 Å². The molecule has 8 heteroatoms. The van der Waals surface area contributed by atoms with Crippen LogP contribution in [0.1, 0.15) is 27.3 Å². The average Bonchev–Trinajstić information content (AvgIpc) is 3.03. The normalized spacial score (nSPS) is 13.9. The number of nitrogens with zero attached hydrogens (tertiary/aromatic N) is 3. The maximum atomic E-state index is 13.1. The third kappa shape index (κ3) is 3.51. The van der Waals surface area contributed by atoms with Crippen molar-refractivity contribution in [2.75, 3.05) is 18.5 Å². The molecule has 4 rings (SSSR count). The van der Waals surface area contributed by atoms with Gasteiger partial charge in [0.2, 0.25) is 0 Å². The lowest BCUT2D eigenvalue weighted by Gasteiger charge is -2.27. The molecule has 1 aliphatic rings. The second-order valence-electron chi connectivity index (χ2n) is 7.26. The van der Waals surface area contributed by atoms with Crippen molar-refractivity contribution in [3.05, 3.63) is 71.0 Å². The molecule has 0 saturated heterocycles. The van der Waals surface area contributed by atoms with Gasteiger partial charge in [0.1, 0.15) is 0 Å². The first kappa shape index (κ1) is 19.2. The smallest absolute Gasteiger partial charge is 0.256 e. The van der Waals surface area contributed by atoms with E-state index in [2.05, 4.69) is 0 Å². The van der Waals surface area contributed by atoms with Gasteiger partial charge in [0.25, 0.3) is 5.91 Å². The van der Waals surface area contributed by atoms with Crippen LogP contribution in [-0.4, -0.2) is 41.8 Å². The number of sulfone groups is 1. The molecule has 0 spiro atoms. The Morgan fingerprint density at radius 3 is 2.55 bits per heavy atom. The van der Waals surface area contributed by atoms with Crippen molar-refractivity contribution < 1.29 is 13.2 Å². The maximum Gasteiger partial charge on any atom is 0.256 e. The fourth-order valence-corrected chi connectivity index (χ4v) is 4.27. The van der Waals surface area contributed by atoms with Crippen LogP contribution >= 0.6 is 0 Å². The predicted molar refractivity (Wildman–Crippen MR) is 111 cm³/mol. The van der Waals surface area contributed by atoms with Gasteiger partial charge in [0.15, 0.2) is 9.84 Å². The van der Waals surface area contributed by atoms with E-state index in [1.54, 1.807) is 4.90 Å². The number of anilines is 1. The lowest BCUT2D eigenvalue weighted by molar-refractivity contribution is 0.0735. The first-order chi connectivity index (χ1) is 13.8. The molecule has 150 valence electrons. The van der Waals surface area contributed by atoms with Crippen LogP contribution in [-0.2, 0) is 22.8 Å². The number of fused-ring (bicyclic) bond motifs is 1. The minimum atomic E-state index is -3.43. The quantitative estimate of drug-likeness (QED) is 0.669. The molecule has 1 amide bonds. The van der Waals surface area contributed by atoms with Gasteiger partial charge < -0.3 is 10.6 Å². The van der Waals surface area contributed by atoms with E-state index in [-0.39, 0.29) is 22.1 Å². The Bertz CT molecular complexity index is 1200. The number of aromatic nitrogens is 2. The second-order valence-corrected chi connectivity index (χ2v) is 9.27. The van der Waals surface area contributed by atoms with Gasteiger partial charge in [0.05, 0.1) is 21.8 Å². The Labute approximate surface area is 169 Å². The molecule has 2 aromatic carbocycles. The van der Waals surface area contributed by atoms with Gasteiger partial charge in [-0.15, -0.1) is 0 Å². The zero-order valence-corrected chi connectivity index (χ0v) is 17.1. The molecule has 0 aliphatic carbocycles. The molecule has 0 fully saturated rings. The van der Waals surface area contributed by atoms with E-state index in [9.17, 15) is 13.2 Å². The third-order valence-corrected chi connectivity index (χ3v) is 6.37. The molecule has 3 aromatic rings. The first-order valence-electron chi connectivity index (χ1n) is 9.27. The molecule has 1 aliphatic heterocycles. The molecule has 0 bridgehead atoms. The molecule has 0 atom stereocenters. The first-order valence-corrected chi connectivity index (χ1v) is 11.2. The number of carbonyl (C=O) groups is 1. The van der Waals surface area contributed by atoms with Crippen molar-refractivity contribution in [2.45, 2.75) is 24.8 Å². The van der Waals surface area contributed by atoms with Gasteiger partial charge in [-0.3, -0.25) is 4.79 Å². The number of nitrogens with two attached hydrogens (primary N) is 1. The molecule has 0 saturated carbocycles. The number of amides is 1. The summed E-state index contributed by atoms with van der Waals surface area (Å²) in [5.41, 5.74) is 10.4.